The van der Waals surface area contributed by atoms with Gasteiger partial charge in [0.1, 0.15) is 0 Å². The van der Waals surface area contributed by atoms with Crippen LogP contribution < -0.4 is 5.32 Å². The molecule has 0 atom stereocenters. The first kappa shape index (κ1) is 13.7. The van der Waals surface area contributed by atoms with Crippen molar-refractivity contribution < 1.29 is 9.90 Å². The molecule has 110 valence electrons. The minimum Gasteiger partial charge on any atom is -0.396 e. The van der Waals surface area contributed by atoms with Crippen molar-refractivity contribution in [2.45, 2.75) is 31.7 Å². The van der Waals surface area contributed by atoms with E-state index in [2.05, 4.69) is 20.8 Å². The number of hydrogen-bond donors (Lipinski definition) is 2. The molecule has 0 saturated heterocycles. The molecule has 1 aliphatic rings. The Morgan fingerprint density at radius 1 is 1.43 bits per heavy atom. The number of hydrogen-bond acceptors (Lipinski definition) is 5. The standard InChI is InChI=1S/C14H17N5O2/c20-8-2-5-13(21)15-11-4-1-3-10(9-11)14-16-17-18-19(14)12-6-7-12/h1,3-4,9,12,20H,2,5-8H2,(H,15,21). The third-order valence-corrected chi connectivity index (χ3v) is 3.35. The molecule has 0 bridgehead atoms. The fourth-order valence-electron chi connectivity index (χ4n) is 2.15. The van der Waals surface area contributed by atoms with Crippen LogP contribution in [-0.4, -0.2) is 37.8 Å². The minimum atomic E-state index is -0.108. The Labute approximate surface area is 122 Å². The van der Waals surface area contributed by atoms with Crippen molar-refractivity contribution in [3.05, 3.63) is 24.3 Å². The molecule has 1 amide bonds. The van der Waals surface area contributed by atoms with E-state index in [1.807, 2.05) is 28.9 Å². The summed E-state index contributed by atoms with van der Waals surface area (Å²) in [6, 6.07) is 7.88. The number of aromatic nitrogens is 4. The van der Waals surface area contributed by atoms with Crippen LogP contribution in [0, 0.1) is 0 Å². The molecule has 0 unspecified atom stereocenters. The van der Waals surface area contributed by atoms with E-state index < -0.39 is 0 Å². The van der Waals surface area contributed by atoms with Crippen LogP contribution in [0.4, 0.5) is 5.69 Å². The van der Waals surface area contributed by atoms with Crippen molar-refractivity contribution in [2.75, 3.05) is 11.9 Å². The van der Waals surface area contributed by atoms with E-state index in [4.69, 9.17) is 5.11 Å². The maximum Gasteiger partial charge on any atom is 0.224 e. The Morgan fingerprint density at radius 3 is 3.05 bits per heavy atom. The van der Waals surface area contributed by atoms with Gasteiger partial charge in [-0.1, -0.05) is 12.1 Å². The van der Waals surface area contributed by atoms with Crippen LogP contribution in [0.5, 0.6) is 0 Å². The quantitative estimate of drug-likeness (QED) is 0.837. The number of anilines is 1. The minimum absolute atomic E-state index is 0.0175. The third-order valence-electron chi connectivity index (χ3n) is 3.35. The van der Waals surface area contributed by atoms with Gasteiger partial charge in [0.05, 0.1) is 6.04 Å². The molecule has 0 spiro atoms. The van der Waals surface area contributed by atoms with Gasteiger partial charge in [0.2, 0.25) is 5.91 Å². The van der Waals surface area contributed by atoms with E-state index in [0.29, 0.717) is 24.6 Å². The van der Waals surface area contributed by atoms with E-state index in [1.54, 1.807) is 0 Å². The molecule has 7 heteroatoms. The van der Waals surface area contributed by atoms with Gasteiger partial charge in [-0.2, -0.15) is 0 Å². The highest BCUT2D eigenvalue weighted by Gasteiger charge is 2.28. The normalized spacial score (nSPS) is 14.1. The Hall–Kier alpha value is -2.28. The molecule has 7 nitrogen and oxygen atoms in total. The van der Waals surface area contributed by atoms with Gasteiger partial charge in [0.25, 0.3) is 0 Å². The monoisotopic (exact) mass is 287 g/mol. The van der Waals surface area contributed by atoms with E-state index in [1.165, 1.54) is 0 Å². The Bertz CT molecular complexity index is 636. The Morgan fingerprint density at radius 2 is 2.29 bits per heavy atom. The molecule has 3 rings (SSSR count). The number of nitrogens with zero attached hydrogens (tertiary/aromatic N) is 4. The van der Waals surface area contributed by atoms with Crippen LogP contribution in [0.15, 0.2) is 24.3 Å². The van der Waals surface area contributed by atoms with Gasteiger partial charge >= 0.3 is 0 Å². The molecule has 1 aliphatic carbocycles. The Kier molecular flexibility index (Phi) is 3.92. The van der Waals surface area contributed by atoms with Gasteiger partial charge in [-0.05, 0) is 41.8 Å². The molecule has 1 aromatic heterocycles. The molecule has 21 heavy (non-hydrogen) atoms. The number of amides is 1. The second-order valence-corrected chi connectivity index (χ2v) is 5.13. The number of nitrogens with one attached hydrogen (secondary N) is 1. The van der Waals surface area contributed by atoms with Crippen LogP contribution in [0.1, 0.15) is 31.7 Å². The third kappa shape index (κ3) is 3.25. The van der Waals surface area contributed by atoms with E-state index >= 15 is 0 Å². The summed E-state index contributed by atoms with van der Waals surface area (Å²) in [7, 11) is 0. The average molecular weight is 287 g/mol. The van der Waals surface area contributed by atoms with Crippen LogP contribution >= 0.6 is 0 Å². The fourth-order valence-corrected chi connectivity index (χ4v) is 2.15. The first-order valence-electron chi connectivity index (χ1n) is 7.07. The van der Waals surface area contributed by atoms with Crippen molar-refractivity contribution in [2.24, 2.45) is 0 Å². The number of benzene rings is 1. The van der Waals surface area contributed by atoms with Gasteiger partial charge in [0.15, 0.2) is 5.82 Å². The predicted octanol–water partition coefficient (Wildman–Crippen LogP) is 1.39. The van der Waals surface area contributed by atoms with Gasteiger partial charge in [-0.15, -0.1) is 5.10 Å². The van der Waals surface area contributed by atoms with Gasteiger partial charge in [0, 0.05) is 24.3 Å². The van der Waals surface area contributed by atoms with Crippen LogP contribution in [0.2, 0.25) is 0 Å². The maximum atomic E-state index is 11.7. The lowest BCUT2D eigenvalue weighted by Gasteiger charge is -2.07. The zero-order chi connectivity index (χ0) is 14.7. The van der Waals surface area contributed by atoms with Crippen molar-refractivity contribution in [3.63, 3.8) is 0 Å². The molecule has 1 aromatic carbocycles. The molecule has 0 aliphatic heterocycles. The van der Waals surface area contributed by atoms with Gasteiger partial charge in [-0.3, -0.25) is 4.79 Å². The first-order valence-corrected chi connectivity index (χ1v) is 7.07. The average Bonchev–Trinajstić information content (AvgIpc) is 3.22. The summed E-state index contributed by atoms with van der Waals surface area (Å²) >= 11 is 0. The number of carbonyl (C=O) groups is 1. The number of aliphatic hydroxyl groups is 1. The molecule has 2 N–H and O–H groups in total. The van der Waals surface area contributed by atoms with E-state index in [9.17, 15) is 4.79 Å². The smallest absolute Gasteiger partial charge is 0.224 e. The highest BCUT2D eigenvalue weighted by molar-refractivity contribution is 5.91. The van der Waals surface area contributed by atoms with Crippen molar-refractivity contribution in [1.82, 2.24) is 20.2 Å². The Balaban J connectivity index is 1.76. The van der Waals surface area contributed by atoms with Crippen molar-refractivity contribution in [1.29, 1.82) is 0 Å². The van der Waals surface area contributed by atoms with Crippen molar-refractivity contribution >= 4 is 11.6 Å². The largest absolute Gasteiger partial charge is 0.396 e. The summed E-state index contributed by atoms with van der Waals surface area (Å²) in [6.07, 6.45) is 2.98. The summed E-state index contributed by atoms with van der Waals surface area (Å²) in [5.74, 6) is 0.618. The summed E-state index contributed by atoms with van der Waals surface area (Å²) in [6.45, 7) is 0.0175. The summed E-state index contributed by atoms with van der Waals surface area (Å²) < 4.78 is 1.84. The highest BCUT2D eigenvalue weighted by Crippen LogP contribution is 2.36. The van der Waals surface area contributed by atoms with E-state index in [-0.39, 0.29) is 12.5 Å². The van der Waals surface area contributed by atoms with Crippen molar-refractivity contribution in [3.8, 4) is 11.4 Å². The molecule has 1 fully saturated rings. The number of rotatable bonds is 6. The summed E-state index contributed by atoms with van der Waals surface area (Å²) in [5, 5.41) is 23.4. The van der Waals surface area contributed by atoms with Gasteiger partial charge in [-0.25, -0.2) is 4.68 Å². The van der Waals surface area contributed by atoms with E-state index in [0.717, 1.165) is 24.2 Å². The van der Waals surface area contributed by atoms with Crippen LogP contribution in [0.3, 0.4) is 0 Å². The lowest BCUT2D eigenvalue weighted by Crippen LogP contribution is -2.11. The maximum absolute atomic E-state index is 11.7. The highest BCUT2D eigenvalue weighted by atomic mass is 16.3. The predicted molar refractivity (Wildman–Crippen MR) is 76.5 cm³/mol. The fraction of sp³-hybridized carbons (Fsp3) is 0.429. The molecule has 2 aromatic rings. The molecular weight excluding hydrogens is 270 g/mol. The molecule has 1 heterocycles. The number of aliphatic hydroxyl groups excluding tert-OH is 1. The molecular formula is C14H17N5O2. The van der Waals surface area contributed by atoms with Gasteiger partial charge < -0.3 is 10.4 Å². The zero-order valence-corrected chi connectivity index (χ0v) is 11.6. The number of carbonyl (C=O) groups excluding carboxylic acids is 1. The molecule has 0 radical (unpaired) electrons. The second kappa shape index (κ2) is 6.01. The topological polar surface area (TPSA) is 92.9 Å². The zero-order valence-electron chi connectivity index (χ0n) is 11.6. The first-order chi connectivity index (χ1) is 10.3. The second-order valence-electron chi connectivity index (χ2n) is 5.13. The summed E-state index contributed by atoms with van der Waals surface area (Å²) in [5.41, 5.74) is 1.59. The lowest BCUT2D eigenvalue weighted by molar-refractivity contribution is -0.116. The lowest BCUT2D eigenvalue weighted by atomic mass is 10.2. The van der Waals surface area contributed by atoms with Crippen LogP contribution in [0.25, 0.3) is 11.4 Å². The molecule has 1 saturated carbocycles. The van der Waals surface area contributed by atoms with Crippen LogP contribution in [-0.2, 0) is 4.79 Å². The number of tetrazole rings is 1. The SMILES string of the molecule is O=C(CCCO)Nc1cccc(-c2nnnn2C2CC2)c1. The summed E-state index contributed by atoms with van der Waals surface area (Å²) in [4.78, 5) is 11.7.